The minimum atomic E-state index is -0.838. The first-order valence-electron chi connectivity index (χ1n) is 8.30. The van der Waals surface area contributed by atoms with Crippen molar-refractivity contribution in [1.29, 1.82) is 0 Å². The average molecular weight is 391 g/mol. The number of hydrogen-bond donors (Lipinski definition) is 1. The fourth-order valence-electron chi connectivity index (χ4n) is 2.45. The first-order valence-corrected chi connectivity index (χ1v) is 9.93. The van der Waals surface area contributed by atoms with Gasteiger partial charge in [0.25, 0.3) is 0 Å². The highest BCUT2D eigenvalue weighted by atomic mass is 32.2. The second-order valence-electron chi connectivity index (χ2n) is 5.71. The average Bonchev–Trinajstić information content (AvgIpc) is 2.66. The molecule has 0 atom stereocenters. The summed E-state index contributed by atoms with van der Waals surface area (Å²) in [4.78, 5) is 25.1. The van der Waals surface area contributed by atoms with E-state index < -0.39 is 10.0 Å². The molecule has 0 aliphatic rings. The van der Waals surface area contributed by atoms with Gasteiger partial charge in [-0.25, -0.2) is 0 Å². The van der Waals surface area contributed by atoms with Gasteiger partial charge in [-0.05, 0) is 37.1 Å². The van der Waals surface area contributed by atoms with Crippen molar-refractivity contribution in [2.75, 3.05) is 7.11 Å². The maximum atomic E-state index is 11.7. The van der Waals surface area contributed by atoms with E-state index in [9.17, 15) is 14.7 Å². The lowest BCUT2D eigenvalue weighted by Crippen LogP contribution is -2.23. The Labute approximate surface area is 162 Å². The predicted molar refractivity (Wildman–Crippen MR) is 105 cm³/mol. The summed E-state index contributed by atoms with van der Waals surface area (Å²) in [6.07, 6.45) is 1.25. The topological polar surface area (TPSA) is 63.6 Å². The highest BCUT2D eigenvalue weighted by Crippen LogP contribution is 2.51. The fraction of sp³-hybridized carbons (Fsp3) is 0.300. The summed E-state index contributed by atoms with van der Waals surface area (Å²) in [6.45, 7) is 0. The Balaban J connectivity index is 2.31. The van der Waals surface area contributed by atoms with Crippen LogP contribution in [-0.4, -0.2) is 28.2 Å². The summed E-state index contributed by atoms with van der Waals surface area (Å²) >= 11 is 3.23. The maximum absolute atomic E-state index is 11.7. The highest BCUT2D eigenvalue weighted by molar-refractivity contribution is 8.18. The molecule has 0 aliphatic carbocycles. The zero-order chi connectivity index (χ0) is 18.8. The van der Waals surface area contributed by atoms with Gasteiger partial charge in [0.2, 0.25) is 0 Å². The molecule has 0 radical (unpaired) electrons. The fourth-order valence-corrected chi connectivity index (χ4v) is 5.45. The molecule has 0 saturated heterocycles. The van der Waals surface area contributed by atoms with E-state index in [4.69, 9.17) is 4.74 Å². The summed E-state index contributed by atoms with van der Waals surface area (Å²) in [5.74, 6) is -1.12. The number of carbonyl (C=O) groups excluding carboxylic acids is 1. The van der Waals surface area contributed by atoms with Crippen molar-refractivity contribution in [1.82, 2.24) is 0 Å². The third kappa shape index (κ3) is 6.77. The first-order chi connectivity index (χ1) is 12.5. The molecule has 2 rings (SSSR count). The molecule has 0 aromatic heterocycles. The molecule has 0 unspecified atom stereocenters. The van der Waals surface area contributed by atoms with E-state index in [0.717, 1.165) is 9.79 Å². The van der Waals surface area contributed by atoms with E-state index in [1.54, 1.807) is 23.5 Å². The van der Waals surface area contributed by atoms with Crippen LogP contribution in [0.4, 0.5) is 0 Å². The van der Waals surface area contributed by atoms with Gasteiger partial charge < -0.3 is 9.84 Å². The molecule has 0 fully saturated rings. The molecular weight excluding hydrogens is 368 g/mol. The lowest BCUT2D eigenvalue weighted by atomic mass is 10.1. The first kappa shape index (κ1) is 20.4. The summed E-state index contributed by atoms with van der Waals surface area (Å²) in [5.41, 5.74) is 0. The number of aliphatic carboxylic acids is 1. The van der Waals surface area contributed by atoms with E-state index in [1.165, 1.54) is 7.11 Å². The molecule has 4 nitrogen and oxygen atoms in total. The molecule has 6 heteroatoms. The Hall–Kier alpha value is -1.92. The third-order valence-corrected chi connectivity index (χ3v) is 6.83. The Morgan fingerprint density at radius 1 is 0.885 bits per heavy atom. The SMILES string of the molecule is COC(=O)CCC(CCC(=O)O)(Sc1ccccc1)Sc1ccccc1. The van der Waals surface area contributed by atoms with Gasteiger partial charge in [-0.2, -0.15) is 0 Å². The van der Waals surface area contributed by atoms with Gasteiger partial charge in [-0.15, -0.1) is 23.5 Å². The summed E-state index contributed by atoms with van der Waals surface area (Å²) in [5, 5.41) is 9.22. The van der Waals surface area contributed by atoms with Crippen molar-refractivity contribution in [3.05, 3.63) is 60.7 Å². The van der Waals surface area contributed by atoms with E-state index in [2.05, 4.69) is 0 Å². The van der Waals surface area contributed by atoms with Gasteiger partial charge in [0.05, 0.1) is 11.2 Å². The Kier molecular flexibility index (Phi) is 8.06. The summed E-state index contributed by atoms with van der Waals surface area (Å²) in [6, 6.07) is 19.7. The zero-order valence-electron chi connectivity index (χ0n) is 14.6. The number of rotatable bonds is 10. The molecule has 138 valence electrons. The van der Waals surface area contributed by atoms with E-state index in [-0.39, 0.29) is 18.8 Å². The smallest absolute Gasteiger partial charge is 0.305 e. The molecule has 2 aromatic rings. The minimum Gasteiger partial charge on any atom is -0.481 e. The standard InChI is InChI=1S/C20H22O4S2/c1-24-19(23)13-15-20(14-12-18(21)22,25-16-8-4-2-5-9-16)26-17-10-6-3-7-11-17/h2-11H,12-15H2,1H3,(H,21,22). The second-order valence-corrected chi connectivity index (χ2v) is 8.88. The number of esters is 1. The number of carbonyl (C=O) groups is 2. The predicted octanol–water partition coefficient (Wildman–Crippen LogP) is 5.09. The second kappa shape index (κ2) is 10.3. The van der Waals surface area contributed by atoms with E-state index in [0.29, 0.717) is 12.8 Å². The normalized spacial score (nSPS) is 11.1. The Bertz CT molecular complexity index is 663. The molecule has 26 heavy (non-hydrogen) atoms. The monoisotopic (exact) mass is 390 g/mol. The number of methoxy groups -OCH3 is 1. The Morgan fingerprint density at radius 3 is 1.77 bits per heavy atom. The van der Waals surface area contributed by atoms with Crippen molar-refractivity contribution >= 4 is 35.5 Å². The lowest BCUT2D eigenvalue weighted by Gasteiger charge is -2.32. The van der Waals surface area contributed by atoms with Crippen LogP contribution in [0.25, 0.3) is 0 Å². The van der Waals surface area contributed by atoms with E-state index >= 15 is 0 Å². The molecule has 0 heterocycles. The number of thioether (sulfide) groups is 2. The van der Waals surface area contributed by atoms with Crippen LogP contribution in [0.5, 0.6) is 0 Å². The van der Waals surface area contributed by atoms with Crippen molar-refractivity contribution in [3.63, 3.8) is 0 Å². The number of ether oxygens (including phenoxy) is 1. The quantitative estimate of drug-likeness (QED) is 0.346. The zero-order valence-corrected chi connectivity index (χ0v) is 16.2. The van der Waals surface area contributed by atoms with Crippen LogP contribution < -0.4 is 0 Å². The molecule has 0 amide bonds. The molecule has 0 bridgehead atoms. The van der Waals surface area contributed by atoms with Crippen molar-refractivity contribution in [2.24, 2.45) is 0 Å². The van der Waals surface area contributed by atoms with Gasteiger partial charge in [0.1, 0.15) is 0 Å². The van der Waals surface area contributed by atoms with Crippen LogP contribution in [0, 0.1) is 0 Å². The molecule has 0 saturated carbocycles. The van der Waals surface area contributed by atoms with Crippen LogP contribution in [0.1, 0.15) is 25.7 Å². The van der Waals surface area contributed by atoms with Crippen molar-refractivity contribution in [2.45, 2.75) is 39.6 Å². The van der Waals surface area contributed by atoms with Gasteiger partial charge in [-0.1, -0.05) is 36.4 Å². The van der Waals surface area contributed by atoms with E-state index in [1.807, 2.05) is 60.7 Å². The van der Waals surface area contributed by atoms with Gasteiger partial charge in [-0.3, -0.25) is 9.59 Å². The highest BCUT2D eigenvalue weighted by Gasteiger charge is 2.34. The summed E-state index contributed by atoms with van der Waals surface area (Å²) < 4.78 is 4.32. The van der Waals surface area contributed by atoms with Crippen LogP contribution >= 0.6 is 23.5 Å². The molecule has 2 aromatic carbocycles. The van der Waals surface area contributed by atoms with Gasteiger partial charge in [0.15, 0.2) is 0 Å². The van der Waals surface area contributed by atoms with Crippen LogP contribution in [0.15, 0.2) is 70.5 Å². The van der Waals surface area contributed by atoms with Crippen molar-refractivity contribution in [3.8, 4) is 0 Å². The van der Waals surface area contributed by atoms with Crippen LogP contribution in [0.3, 0.4) is 0 Å². The number of carboxylic acids is 1. The molecule has 1 N–H and O–H groups in total. The summed E-state index contributed by atoms with van der Waals surface area (Å²) in [7, 11) is 1.37. The minimum absolute atomic E-state index is 0.0425. The van der Waals surface area contributed by atoms with Gasteiger partial charge >= 0.3 is 11.9 Å². The number of hydrogen-bond acceptors (Lipinski definition) is 5. The van der Waals surface area contributed by atoms with Crippen LogP contribution in [-0.2, 0) is 14.3 Å². The molecule has 0 aliphatic heterocycles. The maximum Gasteiger partial charge on any atom is 0.305 e. The Morgan fingerprint density at radius 2 is 1.35 bits per heavy atom. The number of benzene rings is 2. The van der Waals surface area contributed by atoms with Crippen molar-refractivity contribution < 1.29 is 19.4 Å². The number of carboxylic acid groups (broad SMARTS) is 1. The molecule has 0 spiro atoms. The largest absolute Gasteiger partial charge is 0.481 e. The lowest BCUT2D eigenvalue weighted by molar-refractivity contribution is -0.140. The molecular formula is C20H22O4S2. The van der Waals surface area contributed by atoms with Crippen LogP contribution in [0.2, 0.25) is 0 Å². The third-order valence-electron chi connectivity index (χ3n) is 3.75. The van der Waals surface area contributed by atoms with Gasteiger partial charge in [0, 0.05) is 22.6 Å².